The first-order chi connectivity index (χ1) is 8.87. The van der Waals surface area contributed by atoms with Gasteiger partial charge in [-0.25, -0.2) is 4.79 Å². The van der Waals surface area contributed by atoms with Crippen LogP contribution in [0.2, 0.25) is 0 Å². The highest BCUT2D eigenvalue weighted by Gasteiger charge is 2.21. The van der Waals surface area contributed by atoms with Gasteiger partial charge >= 0.3 is 6.03 Å². The lowest BCUT2D eigenvalue weighted by Crippen LogP contribution is -2.44. The van der Waals surface area contributed by atoms with Crippen LogP contribution in [0.25, 0.3) is 0 Å². The maximum Gasteiger partial charge on any atom is 0.321 e. The fourth-order valence-corrected chi connectivity index (χ4v) is 1.94. The number of hydrogen-bond acceptors (Lipinski definition) is 2. The number of para-hydroxylation sites is 1. The molecule has 0 heterocycles. The van der Waals surface area contributed by atoms with Gasteiger partial charge < -0.3 is 15.3 Å². The van der Waals surface area contributed by atoms with E-state index in [4.69, 9.17) is 0 Å². The highest BCUT2D eigenvalue weighted by molar-refractivity contribution is 5.90. The summed E-state index contributed by atoms with van der Waals surface area (Å²) in [6.45, 7) is 8.22. The molecule has 2 N–H and O–H groups in total. The van der Waals surface area contributed by atoms with Gasteiger partial charge in [-0.2, -0.15) is 0 Å². The molecule has 19 heavy (non-hydrogen) atoms. The molecule has 0 saturated heterocycles. The molecule has 0 unspecified atom stereocenters. The molecule has 106 valence electrons. The number of urea groups is 1. The molecule has 0 aromatic heterocycles. The van der Waals surface area contributed by atoms with E-state index in [2.05, 4.69) is 12.2 Å². The summed E-state index contributed by atoms with van der Waals surface area (Å²) in [4.78, 5) is 13.8. The summed E-state index contributed by atoms with van der Waals surface area (Å²) in [6, 6.07) is 7.59. The minimum absolute atomic E-state index is 0.175. The third kappa shape index (κ3) is 4.91. The number of amides is 2. The monoisotopic (exact) mass is 264 g/mol. The zero-order valence-electron chi connectivity index (χ0n) is 12.2. The summed E-state index contributed by atoms with van der Waals surface area (Å²) in [5, 5.41) is 12.7. The zero-order valence-corrected chi connectivity index (χ0v) is 12.2. The number of rotatable bonds is 5. The normalized spacial score (nSPS) is 11.2. The number of nitrogens with zero attached hydrogens (tertiary/aromatic N) is 1. The molecule has 0 saturated carbocycles. The second kappa shape index (κ2) is 6.57. The topological polar surface area (TPSA) is 52.6 Å². The van der Waals surface area contributed by atoms with E-state index < -0.39 is 5.60 Å². The van der Waals surface area contributed by atoms with Crippen molar-refractivity contribution in [2.75, 3.05) is 18.4 Å². The average molecular weight is 264 g/mol. The SMILES string of the molecule is CCc1ccccc1NC(=O)N(CC)CC(C)(C)O. The van der Waals surface area contributed by atoms with E-state index in [9.17, 15) is 9.90 Å². The summed E-state index contributed by atoms with van der Waals surface area (Å²) < 4.78 is 0. The Balaban J connectivity index is 2.77. The van der Waals surface area contributed by atoms with Gasteiger partial charge in [0.15, 0.2) is 0 Å². The van der Waals surface area contributed by atoms with E-state index in [-0.39, 0.29) is 6.03 Å². The van der Waals surface area contributed by atoms with Crippen molar-refractivity contribution in [3.8, 4) is 0 Å². The number of anilines is 1. The van der Waals surface area contributed by atoms with Crippen molar-refractivity contribution in [3.63, 3.8) is 0 Å². The molecule has 4 heteroatoms. The first-order valence-corrected chi connectivity index (χ1v) is 6.73. The van der Waals surface area contributed by atoms with Crippen molar-refractivity contribution in [1.82, 2.24) is 4.90 Å². The van der Waals surface area contributed by atoms with Crippen molar-refractivity contribution in [2.24, 2.45) is 0 Å². The van der Waals surface area contributed by atoms with Crippen LogP contribution in [0.4, 0.5) is 10.5 Å². The molecule has 1 aromatic carbocycles. The number of benzene rings is 1. The van der Waals surface area contributed by atoms with Gasteiger partial charge in [-0.05, 0) is 38.8 Å². The third-order valence-corrected chi connectivity index (χ3v) is 2.89. The summed E-state index contributed by atoms with van der Waals surface area (Å²) >= 11 is 0. The minimum atomic E-state index is -0.891. The Morgan fingerprint density at radius 3 is 2.47 bits per heavy atom. The van der Waals surface area contributed by atoms with Crippen molar-refractivity contribution < 1.29 is 9.90 Å². The number of carbonyl (C=O) groups is 1. The van der Waals surface area contributed by atoms with Crippen LogP contribution in [-0.2, 0) is 6.42 Å². The molecule has 0 aliphatic heterocycles. The molecule has 2 amide bonds. The molecule has 0 aliphatic carbocycles. The molecule has 0 bridgehead atoms. The Morgan fingerprint density at radius 2 is 1.95 bits per heavy atom. The quantitative estimate of drug-likeness (QED) is 0.859. The Labute approximate surface area is 115 Å². The van der Waals surface area contributed by atoms with Crippen molar-refractivity contribution >= 4 is 11.7 Å². The van der Waals surface area contributed by atoms with Crippen LogP contribution in [0.15, 0.2) is 24.3 Å². The van der Waals surface area contributed by atoms with E-state index in [1.165, 1.54) is 0 Å². The number of hydrogen-bond donors (Lipinski definition) is 2. The molecule has 0 radical (unpaired) electrons. The number of likely N-dealkylation sites (N-methyl/N-ethyl adjacent to an activating group) is 1. The van der Waals surface area contributed by atoms with Crippen LogP contribution in [0.3, 0.4) is 0 Å². The van der Waals surface area contributed by atoms with Gasteiger partial charge in [-0.3, -0.25) is 0 Å². The van der Waals surface area contributed by atoms with Gasteiger partial charge in [0.05, 0.1) is 12.1 Å². The number of aryl methyl sites for hydroxylation is 1. The third-order valence-electron chi connectivity index (χ3n) is 2.89. The summed E-state index contributed by atoms with van der Waals surface area (Å²) in [5.74, 6) is 0. The fourth-order valence-electron chi connectivity index (χ4n) is 1.94. The summed E-state index contributed by atoms with van der Waals surface area (Å²) in [6.07, 6.45) is 0.869. The Hall–Kier alpha value is -1.55. The largest absolute Gasteiger partial charge is 0.389 e. The van der Waals surface area contributed by atoms with E-state index in [1.54, 1.807) is 18.7 Å². The number of carbonyl (C=O) groups excluding carboxylic acids is 1. The summed E-state index contributed by atoms with van der Waals surface area (Å²) in [7, 11) is 0. The van der Waals surface area contributed by atoms with Crippen LogP contribution in [-0.4, -0.2) is 34.7 Å². The average Bonchev–Trinajstić information content (AvgIpc) is 2.35. The Morgan fingerprint density at radius 1 is 1.32 bits per heavy atom. The first-order valence-electron chi connectivity index (χ1n) is 6.73. The van der Waals surface area contributed by atoms with Crippen molar-refractivity contribution in [1.29, 1.82) is 0 Å². The first kappa shape index (κ1) is 15.5. The molecule has 1 aromatic rings. The second-order valence-electron chi connectivity index (χ2n) is 5.27. The minimum Gasteiger partial charge on any atom is -0.389 e. The molecule has 0 fully saturated rings. The van der Waals surface area contributed by atoms with E-state index in [0.29, 0.717) is 13.1 Å². The van der Waals surface area contributed by atoms with Crippen LogP contribution in [0, 0.1) is 0 Å². The molecule has 1 rings (SSSR count). The van der Waals surface area contributed by atoms with Crippen LogP contribution in [0.5, 0.6) is 0 Å². The van der Waals surface area contributed by atoms with Crippen LogP contribution >= 0.6 is 0 Å². The van der Waals surface area contributed by atoms with Crippen molar-refractivity contribution in [3.05, 3.63) is 29.8 Å². The van der Waals surface area contributed by atoms with E-state index in [0.717, 1.165) is 17.7 Å². The Kier molecular flexibility index (Phi) is 5.36. The highest BCUT2D eigenvalue weighted by Crippen LogP contribution is 2.16. The lowest BCUT2D eigenvalue weighted by atomic mass is 10.1. The molecular formula is C15H24N2O2. The number of nitrogens with one attached hydrogen (secondary N) is 1. The van der Waals surface area contributed by atoms with Crippen molar-refractivity contribution in [2.45, 2.75) is 39.7 Å². The lowest BCUT2D eigenvalue weighted by molar-refractivity contribution is 0.0501. The van der Waals surface area contributed by atoms with Gasteiger partial charge in [0, 0.05) is 12.2 Å². The summed E-state index contributed by atoms with van der Waals surface area (Å²) in [5.41, 5.74) is 1.05. The molecule has 0 atom stereocenters. The lowest BCUT2D eigenvalue weighted by Gasteiger charge is -2.28. The Bertz CT molecular complexity index is 424. The fraction of sp³-hybridized carbons (Fsp3) is 0.533. The van der Waals surface area contributed by atoms with Gasteiger partial charge in [0.2, 0.25) is 0 Å². The predicted molar refractivity (Wildman–Crippen MR) is 78.4 cm³/mol. The smallest absolute Gasteiger partial charge is 0.321 e. The van der Waals surface area contributed by atoms with Gasteiger partial charge in [0.1, 0.15) is 0 Å². The van der Waals surface area contributed by atoms with Gasteiger partial charge in [0.25, 0.3) is 0 Å². The molecule has 0 spiro atoms. The standard InChI is InChI=1S/C15H24N2O2/c1-5-12-9-7-8-10-13(12)16-14(18)17(6-2)11-15(3,4)19/h7-10,19H,5-6,11H2,1-4H3,(H,16,18). The zero-order chi connectivity index (χ0) is 14.5. The maximum absolute atomic E-state index is 12.2. The molecule has 4 nitrogen and oxygen atoms in total. The van der Waals surface area contributed by atoms with Crippen LogP contribution in [0.1, 0.15) is 33.3 Å². The van der Waals surface area contributed by atoms with Crippen LogP contribution < -0.4 is 5.32 Å². The molecule has 0 aliphatic rings. The van der Waals surface area contributed by atoms with E-state index >= 15 is 0 Å². The predicted octanol–water partition coefficient (Wildman–Crippen LogP) is 2.87. The molecular weight excluding hydrogens is 240 g/mol. The number of aliphatic hydroxyl groups is 1. The maximum atomic E-state index is 12.2. The van der Waals surface area contributed by atoms with Gasteiger partial charge in [-0.1, -0.05) is 25.1 Å². The van der Waals surface area contributed by atoms with E-state index in [1.807, 2.05) is 31.2 Å². The highest BCUT2D eigenvalue weighted by atomic mass is 16.3. The second-order valence-corrected chi connectivity index (χ2v) is 5.27. The van der Waals surface area contributed by atoms with Gasteiger partial charge in [-0.15, -0.1) is 0 Å².